The van der Waals surface area contributed by atoms with Crippen LogP contribution < -0.4 is 10.2 Å². The van der Waals surface area contributed by atoms with Crippen molar-refractivity contribution < 1.29 is 23.9 Å². The minimum Gasteiger partial charge on any atom is -0.466 e. The molecule has 12 heteroatoms. The van der Waals surface area contributed by atoms with Crippen LogP contribution in [0.2, 0.25) is 10.0 Å². The van der Waals surface area contributed by atoms with Gasteiger partial charge in [-0.25, -0.2) is 14.5 Å². The highest BCUT2D eigenvalue weighted by Crippen LogP contribution is 2.46. The van der Waals surface area contributed by atoms with Crippen molar-refractivity contribution in [2.45, 2.75) is 24.8 Å². The number of esters is 1. The number of anilines is 1. The van der Waals surface area contributed by atoms with Gasteiger partial charge in [0.05, 0.1) is 36.9 Å². The van der Waals surface area contributed by atoms with Gasteiger partial charge in [0.1, 0.15) is 5.54 Å². The summed E-state index contributed by atoms with van der Waals surface area (Å²) in [7, 11) is 1.52. The van der Waals surface area contributed by atoms with E-state index in [1.807, 2.05) is 0 Å². The van der Waals surface area contributed by atoms with Crippen LogP contribution in [0.4, 0.5) is 15.3 Å². The van der Waals surface area contributed by atoms with E-state index < -0.39 is 35.4 Å². The molecule has 198 valence electrons. The van der Waals surface area contributed by atoms with Gasteiger partial charge in [-0.1, -0.05) is 35.3 Å². The number of halogens is 2. The molecule has 0 aliphatic carbocycles. The van der Waals surface area contributed by atoms with Gasteiger partial charge in [-0.3, -0.25) is 9.59 Å². The zero-order chi connectivity index (χ0) is 27.6. The molecular weight excluding hydrogens is 533 g/mol. The van der Waals surface area contributed by atoms with Crippen LogP contribution in [0.15, 0.2) is 42.5 Å². The molecule has 0 aromatic heterocycles. The van der Waals surface area contributed by atoms with Gasteiger partial charge in [0.2, 0.25) is 0 Å². The molecule has 10 nitrogen and oxygen atoms in total. The number of nitrogens with zero attached hydrogens (tertiary/aromatic N) is 4. The van der Waals surface area contributed by atoms with Crippen molar-refractivity contribution in [3.8, 4) is 6.07 Å². The maximum atomic E-state index is 14.1. The maximum Gasteiger partial charge on any atom is 0.332 e. The fraction of sp³-hybridized carbons (Fsp3) is 0.346. The SMILES string of the molecule is CCOC(=O)CCNC(=O)N1C[C@@H](c2ccc(C#N)cc2)[C@]2(C1)C(=O)N(c1cc(Cl)cc(Cl)c1)C(=O)N2C. The molecule has 5 amide bonds. The lowest BCUT2D eigenvalue weighted by Crippen LogP contribution is -2.54. The molecule has 2 aromatic rings. The lowest BCUT2D eigenvalue weighted by Gasteiger charge is -2.33. The second kappa shape index (κ2) is 10.9. The van der Waals surface area contributed by atoms with Crippen LogP contribution in [-0.4, -0.2) is 72.6 Å². The highest BCUT2D eigenvalue weighted by molar-refractivity contribution is 6.35. The fourth-order valence-corrected chi connectivity index (χ4v) is 5.49. The number of likely N-dealkylation sites (N-methyl/N-ethyl adjacent to an activating group) is 1. The number of amides is 5. The molecule has 2 fully saturated rings. The van der Waals surface area contributed by atoms with Crippen molar-refractivity contribution in [3.63, 3.8) is 0 Å². The Morgan fingerprint density at radius 2 is 1.82 bits per heavy atom. The third-order valence-corrected chi connectivity index (χ3v) is 7.24. The van der Waals surface area contributed by atoms with Gasteiger partial charge in [-0.15, -0.1) is 0 Å². The molecule has 0 bridgehead atoms. The monoisotopic (exact) mass is 557 g/mol. The molecule has 2 atom stereocenters. The van der Waals surface area contributed by atoms with Crippen molar-refractivity contribution in [2.24, 2.45) is 0 Å². The summed E-state index contributed by atoms with van der Waals surface area (Å²) in [4.78, 5) is 56.2. The average Bonchev–Trinajstić information content (AvgIpc) is 3.37. The van der Waals surface area contributed by atoms with Crippen molar-refractivity contribution in [2.75, 3.05) is 38.2 Å². The van der Waals surface area contributed by atoms with Gasteiger partial charge in [0, 0.05) is 36.1 Å². The number of ether oxygens (including phenoxy) is 1. The zero-order valence-corrected chi connectivity index (χ0v) is 22.3. The molecule has 2 aliphatic rings. The molecule has 2 aromatic carbocycles. The van der Waals surface area contributed by atoms with E-state index in [-0.39, 0.29) is 48.4 Å². The van der Waals surface area contributed by atoms with Crippen LogP contribution in [0, 0.1) is 11.3 Å². The van der Waals surface area contributed by atoms with E-state index in [1.165, 1.54) is 35.0 Å². The summed E-state index contributed by atoms with van der Waals surface area (Å²) in [5, 5.41) is 12.4. The van der Waals surface area contributed by atoms with E-state index in [9.17, 15) is 24.4 Å². The van der Waals surface area contributed by atoms with Gasteiger partial charge in [-0.2, -0.15) is 5.26 Å². The molecule has 38 heavy (non-hydrogen) atoms. The van der Waals surface area contributed by atoms with Gasteiger partial charge in [-0.05, 0) is 42.8 Å². The molecule has 2 heterocycles. The number of rotatable bonds is 6. The normalized spacial score (nSPS) is 20.7. The zero-order valence-electron chi connectivity index (χ0n) is 20.7. The quantitative estimate of drug-likeness (QED) is 0.426. The smallest absolute Gasteiger partial charge is 0.332 e. The summed E-state index contributed by atoms with van der Waals surface area (Å²) in [6.07, 6.45) is -0.00175. The number of hydrogen-bond donors (Lipinski definition) is 1. The minimum absolute atomic E-state index is 0.00175. The number of nitrogens with one attached hydrogen (secondary N) is 1. The van der Waals surface area contributed by atoms with Gasteiger partial charge >= 0.3 is 18.0 Å². The Kier molecular flexibility index (Phi) is 7.81. The van der Waals surface area contributed by atoms with Crippen molar-refractivity contribution in [3.05, 3.63) is 63.6 Å². The summed E-state index contributed by atoms with van der Waals surface area (Å²) in [6.45, 7) is 2.02. The first kappa shape index (κ1) is 27.2. The van der Waals surface area contributed by atoms with Crippen LogP contribution in [-0.2, 0) is 14.3 Å². The second-order valence-corrected chi connectivity index (χ2v) is 9.86. The maximum absolute atomic E-state index is 14.1. The van der Waals surface area contributed by atoms with E-state index in [0.717, 1.165) is 4.90 Å². The van der Waals surface area contributed by atoms with E-state index in [1.54, 1.807) is 31.2 Å². The molecule has 2 aliphatic heterocycles. The van der Waals surface area contributed by atoms with Crippen molar-refractivity contribution >= 4 is 52.8 Å². The highest BCUT2D eigenvalue weighted by atomic mass is 35.5. The molecule has 0 radical (unpaired) electrons. The summed E-state index contributed by atoms with van der Waals surface area (Å²) >= 11 is 12.3. The summed E-state index contributed by atoms with van der Waals surface area (Å²) < 4.78 is 4.89. The first-order valence-electron chi connectivity index (χ1n) is 11.9. The summed E-state index contributed by atoms with van der Waals surface area (Å²) in [5.74, 6) is -1.57. The Balaban J connectivity index is 1.69. The number of carbonyl (C=O) groups is 4. The minimum atomic E-state index is -1.43. The lowest BCUT2D eigenvalue weighted by atomic mass is 9.80. The third kappa shape index (κ3) is 4.87. The largest absolute Gasteiger partial charge is 0.466 e. The average molecular weight is 558 g/mol. The molecular formula is C26H25Cl2N5O5. The van der Waals surface area contributed by atoms with Crippen molar-refractivity contribution in [1.82, 2.24) is 15.1 Å². The number of likely N-dealkylation sites (tertiary alicyclic amines) is 1. The van der Waals surface area contributed by atoms with Gasteiger partial charge in [0.25, 0.3) is 5.91 Å². The van der Waals surface area contributed by atoms with Gasteiger partial charge in [0.15, 0.2) is 0 Å². The molecule has 0 saturated carbocycles. The Morgan fingerprint density at radius 3 is 2.42 bits per heavy atom. The molecule has 2 saturated heterocycles. The summed E-state index contributed by atoms with van der Waals surface area (Å²) in [5.41, 5.74) is -0.0907. The number of urea groups is 2. The first-order valence-corrected chi connectivity index (χ1v) is 12.6. The number of nitriles is 1. The summed E-state index contributed by atoms with van der Waals surface area (Å²) in [6, 6.07) is 12.1. The Morgan fingerprint density at radius 1 is 1.16 bits per heavy atom. The molecule has 1 N–H and O–H groups in total. The standard InChI is InChI=1S/C26H25Cl2N5O5/c1-3-38-22(34)8-9-30-24(36)32-14-21(17-6-4-16(13-29)5-7-17)26(15-32)23(35)33(25(37)31(26)2)20-11-18(27)10-19(28)12-20/h4-7,10-12,21H,3,8-9,14-15H2,1-2H3,(H,30,36)/t21-,26+/m0/s1. The molecule has 4 rings (SSSR count). The predicted octanol–water partition coefficient (Wildman–Crippen LogP) is 3.76. The lowest BCUT2D eigenvalue weighted by molar-refractivity contribution is -0.142. The molecule has 0 unspecified atom stereocenters. The second-order valence-electron chi connectivity index (χ2n) is 8.99. The van der Waals surface area contributed by atoms with Crippen LogP contribution in [0.5, 0.6) is 0 Å². The van der Waals surface area contributed by atoms with Crippen LogP contribution in [0.3, 0.4) is 0 Å². The van der Waals surface area contributed by atoms with Gasteiger partial charge < -0.3 is 19.9 Å². The first-order chi connectivity index (χ1) is 18.1. The van der Waals surface area contributed by atoms with E-state index in [2.05, 4.69) is 11.4 Å². The fourth-order valence-electron chi connectivity index (χ4n) is 4.98. The van der Waals surface area contributed by atoms with E-state index >= 15 is 0 Å². The Labute approximate surface area is 229 Å². The number of benzene rings is 2. The van der Waals surface area contributed by atoms with Crippen LogP contribution >= 0.6 is 23.2 Å². The number of hydrogen-bond acceptors (Lipinski definition) is 6. The van der Waals surface area contributed by atoms with Crippen LogP contribution in [0.1, 0.15) is 30.4 Å². The topological polar surface area (TPSA) is 123 Å². The number of carbonyl (C=O) groups excluding carboxylic acids is 4. The van der Waals surface area contributed by atoms with E-state index in [4.69, 9.17) is 27.9 Å². The highest BCUT2D eigenvalue weighted by Gasteiger charge is 2.65. The van der Waals surface area contributed by atoms with Crippen LogP contribution in [0.25, 0.3) is 0 Å². The number of imide groups is 1. The van der Waals surface area contributed by atoms with E-state index in [0.29, 0.717) is 11.1 Å². The molecule has 1 spiro atoms. The van der Waals surface area contributed by atoms with Crippen molar-refractivity contribution in [1.29, 1.82) is 5.26 Å². The Hall–Kier alpha value is -3.81. The Bertz CT molecular complexity index is 1310. The third-order valence-electron chi connectivity index (χ3n) is 6.81. The predicted molar refractivity (Wildman–Crippen MR) is 140 cm³/mol.